The lowest BCUT2D eigenvalue weighted by molar-refractivity contribution is 0.107. The Morgan fingerprint density at radius 3 is 3.12 bits per heavy atom. The molecule has 1 aliphatic carbocycles. The molecule has 1 N–H and O–H groups in total. The minimum Gasteiger partial charge on any atom is -0.381 e. The van der Waals surface area contributed by atoms with Gasteiger partial charge in [-0.05, 0) is 25.7 Å². The highest BCUT2D eigenvalue weighted by atomic mass is 16.5. The van der Waals surface area contributed by atoms with Crippen LogP contribution in [0.5, 0.6) is 0 Å². The topological polar surface area (TPSA) is 39.1 Å². The first kappa shape index (κ1) is 12.6. The Bertz CT molecular complexity index is 337. The molecule has 0 bridgehead atoms. The van der Waals surface area contributed by atoms with E-state index in [-0.39, 0.29) is 0 Å². The predicted molar refractivity (Wildman–Crippen MR) is 67.8 cm³/mol. The van der Waals surface area contributed by atoms with E-state index in [1.165, 1.54) is 12.8 Å². The number of ether oxygens (including phenoxy) is 1. The van der Waals surface area contributed by atoms with E-state index in [0.717, 1.165) is 31.8 Å². The van der Waals surface area contributed by atoms with Gasteiger partial charge in [0, 0.05) is 32.1 Å². The Morgan fingerprint density at radius 1 is 1.53 bits per heavy atom. The summed E-state index contributed by atoms with van der Waals surface area (Å²) in [6, 6.07) is 0.590. The first-order chi connectivity index (χ1) is 8.33. The molecule has 4 heteroatoms. The van der Waals surface area contributed by atoms with Crippen molar-refractivity contribution in [1.82, 2.24) is 14.9 Å². The average molecular weight is 237 g/mol. The number of nitrogens with one attached hydrogen (secondary N) is 1. The lowest BCUT2D eigenvalue weighted by Crippen LogP contribution is -2.28. The average Bonchev–Trinajstić information content (AvgIpc) is 2.95. The lowest BCUT2D eigenvalue weighted by Gasteiger charge is -2.13. The number of imidazole rings is 1. The maximum atomic E-state index is 5.38. The molecule has 1 aliphatic rings. The third-order valence-electron chi connectivity index (χ3n) is 3.53. The molecule has 2 rings (SSSR count). The van der Waals surface area contributed by atoms with Gasteiger partial charge in [0.2, 0.25) is 0 Å². The number of methoxy groups -OCH3 is 1. The SMILES string of the molecule is CCCn1ccnc1CNC1CCC(OC)C1. The summed E-state index contributed by atoms with van der Waals surface area (Å²) in [5.41, 5.74) is 0. The molecule has 96 valence electrons. The summed E-state index contributed by atoms with van der Waals surface area (Å²) >= 11 is 0. The number of aromatic nitrogens is 2. The van der Waals surface area contributed by atoms with Crippen LogP contribution in [0.4, 0.5) is 0 Å². The van der Waals surface area contributed by atoms with Gasteiger partial charge in [0.15, 0.2) is 0 Å². The van der Waals surface area contributed by atoms with Crippen LogP contribution in [-0.4, -0.2) is 28.8 Å². The molecule has 2 atom stereocenters. The monoisotopic (exact) mass is 237 g/mol. The minimum absolute atomic E-state index is 0.447. The molecule has 1 heterocycles. The Balaban J connectivity index is 1.79. The third kappa shape index (κ3) is 3.30. The molecule has 17 heavy (non-hydrogen) atoms. The lowest BCUT2D eigenvalue weighted by atomic mass is 10.2. The van der Waals surface area contributed by atoms with Crippen molar-refractivity contribution >= 4 is 0 Å². The molecular formula is C13H23N3O. The molecule has 1 aromatic rings. The summed E-state index contributed by atoms with van der Waals surface area (Å²) < 4.78 is 7.61. The molecule has 2 unspecified atom stereocenters. The van der Waals surface area contributed by atoms with Crippen LogP contribution in [0.25, 0.3) is 0 Å². The van der Waals surface area contributed by atoms with Gasteiger partial charge in [-0.2, -0.15) is 0 Å². The van der Waals surface area contributed by atoms with Gasteiger partial charge in [0.1, 0.15) is 5.82 Å². The van der Waals surface area contributed by atoms with Crippen LogP contribution in [-0.2, 0) is 17.8 Å². The van der Waals surface area contributed by atoms with Crippen molar-refractivity contribution in [2.75, 3.05) is 7.11 Å². The van der Waals surface area contributed by atoms with Crippen molar-refractivity contribution in [3.05, 3.63) is 18.2 Å². The van der Waals surface area contributed by atoms with Crippen LogP contribution in [0.15, 0.2) is 12.4 Å². The molecule has 0 amide bonds. The fourth-order valence-electron chi connectivity index (χ4n) is 2.53. The largest absolute Gasteiger partial charge is 0.381 e. The second-order valence-electron chi connectivity index (χ2n) is 4.79. The zero-order valence-electron chi connectivity index (χ0n) is 10.9. The first-order valence-electron chi connectivity index (χ1n) is 6.59. The summed E-state index contributed by atoms with van der Waals surface area (Å²) in [5.74, 6) is 1.15. The van der Waals surface area contributed by atoms with E-state index >= 15 is 0 Å². The number of rotatable bonds is 6. The Hall–Kier alpha value is -0.870. The van der Waals surface area contributed by atoms with Gasteiger partial charge in [-0.15, -0.1) is 0 Å². The summed E-state index contributed by atoms with van der Waals surface area (Å²) in [6.07, 6.45) is 9.07. The van der Waals surface area contributed by atoms with Crippen LogP contribution in [0, 0.1) is 0 Å². The Labute approximate surface area is 103 Å². The molecule has 1 aromatic heterocycles. The molecule has 1 saturated carbocycles. The van der Waals surface area contributed by atoms with Crippen LogP contribution < -0.4 is 5.32 Å². The molecule has 4 nitrogen and oxygen atoms in total. The summed E-state index contributed by atoms with van der Waals surface area (Å²) in [5, 5.41) is 3.58. The van der Waals surface area contributed by atoms with Crippen molar-refractivity contribution in [2.24, 2.45) is 0 Å². The Kier molecular flexibility index (Phi) is 4.57. The molecule has 0 aromatic carbocycles. The maximum absolute atomic E-state index is 5.38. The molecular weight excluding hydrogens is 214 g/mol. The number of aryl methyl sites for hydroxylation is 1. The molecule has 0 spiro atoms. The highest BCUT2D eigenvalue weighted by Crippen LogP contribution is 2.21. The second-order valence-corrected chi connectivity index (χ2v) is 4.79. The van der Waals surface area contributed by atoms with Gasteiger partial charge < -0.3 is 14.6 Å². The second kappa shape index (κ2) is 6.17. The van der Waals surface area contributed by atoms with Crippen molar-refractivity contribution in [3.63, 3.8) is 0 Å². The predicted octanol–water partition coefficient (Wildman–Crippen LogP) is 1.95. The molecule has 1 fully saturated rings. The fraction of sp³-hybridized carbons (Fsp3) is 0.769. The van der Waals surface area contributed by atoms with E-state index in [9.17, 15) is 0 Å². The van der Waals surface area contributed by atoms with Crippen LogP contribution in [0.1, 0.15) is 38.4 Å². The van der Waals surface area contributed by atoms with Gasteiger partial charge in [0.25, 0.3) is 0 Å². The fourth-order valence-corrected chi connectivity index (χ4v) is 2.53. The standard InChI is InChI=1S/C13H23N3O/c1-3-7-16-8-6-14-13(16)10-15-11-4-5-12(9-11)17-2/h6,8,11-12,15H,3-5,7,9-10H2,1-2H3. The van der Waals surface area contributed by atoms with E-state index < -0.39 is 0 Å². The normalized spacial score (nSPS) is 24.4. The van der Waals surface area contributed by atoms with Crippen LogP contribution in [0.3, 0.4) is 0 Å². The summed E-state index contributed by atoms with van der Waals surface area (Å²) in [7, 11) is 1.81. The highest BCUT2D eigenvalue weighted by molar-refractivity contribution is 4.93. The van der Waals surface area contributed by atoms with Gasteiger partial charge in [-0.3, -0.25) is 0 Å². The van der Waals surface area contributed by atoms with E-state index in [1.54, 1.807) is 7.11 Å². The highest BCUT2D eigenvalue weighted by Gasteiger charge is 2.23. The smallest absolute Gasteiger partial charge is 0.122 e. The Morgan fingerprint density at radius 2 is 2.41 bits per heavy atom. The van der Waals surface area contributed by atoms with Crippen molar-refractivity contribution in [3.8, 4) is 0 Å². The summed E-state index contributed by atoms with van der Waals surface area (Å²) in [4.78, 5) is 4.40. The summed E-state index contributed by atoms with van der Waals surface area (Å²) in [6.45, 7) is 4.12. The minimum atomic E-state index is 0.447. The zero-order valence-corrected chi connectivity index (χ0v) is 10.9. The van der Waals surface area contributed by atoms with Crippen molar-refractivity contribution in [1.29, 1.82) is 0 Å². The zero-order chi connectivity index (χ0) is 12.1. The number of hydrogen-bond donors (Lipinski definition) is 1. The van der Waals surface area contributed by atoms with E-state index in [0.29, 0.717) is 12.1 Å². The van der Waals surface area contributed by atoms with Crippen LogP contribution in [0.2, 0.25) is 0 Å². The quantitative estimate of drug-likeness (QED) is 0.822. The third-order valence-corrected chi connectivity index (χ3v) is 3.53. The number of nitrogens with zero attached hydrogens (tertiary/aromatic N) is 2. The maximum Gasteiger partial charge on any atom is 0.122 e. The molecule has 0 aliphatic heterocycles. The van der Waals surface area contributed by atoms with Crippen molar-refractivity contribution in [2.45, 2.75) is 57.8 Å². The number of hydrogen-bond acceptors (Lipinski definition) is 3. The van der Waals surface area contributed by atoms with E-state index in [1.807, 2.05) is 6.20 Å². The van der Waals surface area contributed by atoms with Gasteiger partial charge in [-0.25, -0.2) is 4.98 Å². The molecule has 0 radical (unpaired) electrons. The van der Waals surface area contributed by atoms with E-state index in [4.69, 9.17) is 4.74 Å². The van der Waals surface area contributed by atoms with Gasteiger partial charge >= 0.3 is 0 Å². The first-order valence-corrected chi connectivity index (χ1v) is 6.59. The van der Waals surface area contributed by atoms with Crippen molar-refractivity contribution < 1.29 is 4.74 Å². The van der Waals surface area contributed by atoms with E-state index in [2.05, 4.69) is 28.0 Å². The van der Waals surface area contributed by atoms with Crippen LogP contribution >= 0.6 is 0 Å². The molecule has 0 saturated heterocycles. The van der Waals surface area contributed by atoms with Gasteiger partial charge in [0.05, 0.1) is 12.6 Å². The van der Waals surface area contributed by atoms with Gasteiger partial charge in [-0.1, -0.05) is 6.92 Å².